The molecular weight excluding hydrogens is 316 g/mol. The monoisotopic (exact) mass is 332 g/mol. The van der Waals surface area contributed by atoms with Crippen LogP contribution in [0.5, 0.6) is 0 Å². The number of benzene rings is 1. The van der Waals surface area contributed by atoms with Gasteiger partial charge in [-0.25, -0.2) is 13.1 Å². The molecular formula is C16H16N2O2S2. The van der Waals surface area contributed by atoms with E-state index >= 15 is 0 Å². The summed E-state index contributed by atoms with van der Waals surface area (Å²) in [5.74, 6) is 0.691. The Kier molecular flexibility index (Phi) is 4.04. The van der Waals surface area contributed by atoms with Gasteiger partial charge in [0, 0.05) is 6.04 Å². The minimum atomic E-state index is -3.59. The summed E-state index contributed by atoms with van der Waals surface area (Å²) < 4.78 is 27.5. The molecule has 114 valence electrons. The van der Waals surface area contributed by atoms with Crippen molar-refractivity contribution < 1.29 is 8.42 Å². The third-order valence-electron chi connectivity index (χ3n) is 3.77. The molecule has 3 rings (SSSR count). The lowest BCUT2D eigenvalue weighted by Gasteiger charge is -2.14. The van der Waals surface area contributed by atoms with Crippen LogP contribution in [0.15, 0.2) is 40.6 Å². The molecule has 0 bridgehead atoms. The van der Waals surface area contributed by atoms with Crippen LogP contribution < -0.4 is 4.72 Å². The number of nitrogens with zero attached hydrogens (tertiary/aromatic N) is 1. The molecule has 2 aromatic rings. The van der Waals surface area contributed by atoms with Gasteiger partial charge in [0.25, 0.3) is 10.0 Å². The van der Waals surface area contributed by atoms with Gasteiger partial charge in [0.15, 0.2) is 0 Å². The highest BCUT2D eigenvalue weighted by molar-refractivity contribution is 7.91. The molecule has 1 aliphatic carbocycles. The zero-order valence-corrected chi connectivity index (χ0v) is 13.7. The predicted molar refractivity (Wildman–Crippen MR) is 86.2 cm³/mol. The Morgan fingerprint density at radius 2 is 1.91 bits per heavy atom. The van der Waals surface area contributed by atoms with Gasteiger partial charge in [-0.1, -0.05) is 24.3 Å². The van der Waals surface area contributed by atoms with Crippen LogP contribution in [-0.4, -0.2) is 8.42 Å². The Hall–Kier alpha value is -1.68. The Bertz CT molecular complexity index is 813. The molecule has 0 amide bonds. The van der Waals surface area contributed by atoms with Crippen LogP contribution in [0.1, 0.15) is 47.7 Å². The van der Waals surface area contributed by atoms with E-state index in [4.69, 9.17) is 5.26 Å². The second-order valence-electron chi connectivity index (χ2n) is 5.51. The molecule has 1 N–H and O–H groups in total. The molecule has 1 saturated carbocycles. The van der Waals surface area contributed by atoms with E-state index in [1.165, 1.54) is 30.5 Å². The lowest BCUT2D eigenvalue weighted by molar-refractivity contribution is 0.569. The minimum absolute atomic E-state index is 0.172. The highest BCUT2D eigenvalue weighted by Crippen LogP contribution is 2.40. The van der Waals surface area contributed by atoms with Crippen molar-refractivity contribution in [2.45, 2.75) is 35.9 Å². The summed E-state index contributed by atoms with van der Waals surface area (Å²) in [5.41, 5.74) is 2.26. The number of sulfonamides is 1. The van der Waals surface area contributed by atoms with Gasteiger partial charge in [-0.15, -0.1) is 11.3 Å². The highest BCUT2D eigenvalue weighted by atomic mass is 32.2. The van der Waals surface area contributed by atoms with Gasteiger partial charge in [-0.2, -0.15) is 5.26 Å². The van der Waals surface area contributed by atoms with Gasteiger partial charge in [-0.3, -0.25) is 0 Å². The van der Waals surface area contributed by atoms with Gasteiger partial charge >= 0.3 is 0 Å². The van der Waals surface area contributed by atoms with Gasteiger partial charge in [0.2, 0.25) is 0 Å². The molecule has 1 aromatic heterocycles. The van der Waals surface area contributed by atoms with Crippen molar-refractivity contribution in [3.63, 3.8) is 0 Å². The van der Waals surface area contributed by atoms with Gasteiger partial charge in [-0.05, 0) is 48.9 Å². The summed E-state index contributed by atoms with van der Waals surface area (Å²) in [6.07, 6.45) is 2.50. The number of nitriles is 1. The topological polar surface area (TPSA) is 70.0 Å². The summed E-state index contributed by atoms with van der Waals surface area (Å²) >= 11 is 0.980. The molecule has 0 spiro atoms. The molecule has 1 aliphatic rings. The molecule has 1 fully saturated rings. The number of hydrogen-bond donors (Lipinski definition) is 1. The fourth-order valence-corrected chi connectivity index (χ4v) is 4.71. The molecule has 0 radical (unpaired) electrons. The van der Waals surface area contributed by atoms with E-state index < -0.39 is 10.0 Å². The van der Waals surface area contributed by atoms with Gasteiger partial charge in [0.05, 0.1) is 0 Å². The zero-order valence-electron chi connectivity index (χ0n) is 12.1. The fraction of sp³-hybridized carbons (Fsp3) is 0.312. The summed E-state index contributed by atoms with van der Waals surface area (Å²) in [5, 5.41) is 8.80. The van der Waals surface area contributed by atoms with E-state index in [2.05, 4.69) is 16.9 Å². The summed E-state index contributed by atoms with van der Waals surface area (Å²) in [6.45, 7) is 1.82. The molecule has 6 heteroatoms. The van der Waals surface area contributed by atoms with Crippen LogP contribution in [-0.2, 0) is 10.0 Å². The number of nitrogens with one attached hydrogen (secondary N) is 1. The van der Waals surface area contributed by atoms with E-state index in [1.807, 2.05) is 25.1 Å². The van der Waals surface area contributed by atoms with E-state index in [0.29, 0.717) is 10.8 Å². The fourth-order valence-electron chi connectivity index (χ4n) is 2.36. The van der Waals surface area contributed by atoms with Crippen molar-refractivity contribution in [1.29, 1.82) is 5.26 Å². The van der Waals surface area contributed by atoms with Crippen LogP contribution in [0, 0.1) is 11.3 Å². The van der Waals surface area contributed by atoms with Crippen molar-refractivity contribution >= 4 is 21.4 Å². The van der Waals surface area contributed by atoms with Crippen molar-refractivity contribution in [1.82, 2.24) is 4.72 Å². The van der Waals surface area contributed by atoms with Gasteiger partial charge < -0.3 is 0 Å². The van der Waals surface area contributed by atoms with Crippen LogP contribution in [0.2, 0.25) is 0 Å². The SMILES string of the molecule is CC(NS(=O)(=O)c1ccc(C#N)s1)c1ccc(C2CC2)cc1. The minimum Gasteiger partial charge on any atom is -0.206 e. The molecule has 1 unspecified atom stereocenters. The Balaban J connectivity index is 1.74. The third-order valence-corrected chi connectivity index (χ3v) is 6.80. The lowest BCUT2D eigenvalue weighted by atomic mass is 10.0. The summed E-state index contributed by atoms with van der Waals surface area (Å²) in [4.78, 5) is 0.391. The molecule has 0 aliphatic heterocycles. The van der Waals surface area contributed by atoms with Crippen LogP contribution in [0.25, 0.3) is 0 Å². The zero-order chi connectivity index (χ0) is 15.7. The maximum Gasteiger partial charge on any atom is 0.250 e. The number of rotatable bonds is 5. The lowest BCUT2D eigenvalue weighted by Crippen LogP contribution is -2.26. The molecule has 0 saturated heterocycles. The largest absolute Gasteiger partial charge is 0.250 e. The quantitative estimate of drug-likeness (QED) is 0.910. The highest BCUT2D eigenvalue weighted by Gasteiger charge is 2.24. The van der Waals surface area contributed by atoms with Crippen LogP contribution in [0.3, 0.4) is 0 Å². The summed E-state index contributed by atoms with van der Waals surface area (Å²) in [7, 11) is -3.59. The molecule has 4 nitrogen and oxygen atoms in total. The van der Waals surface area contributed by atoms with Crippen molar-refractivity contribution in [2.24, 2.45) is 0 Å². The summed E-state index contributed by atoms with van der Waals surface area (Å²) in [6, 6.07) is 12.8. The van der Waals surface area contributed by atoms with Crippen molar-refractivity contribution in [2.75, 3.05) is 0 Å². The second-order valence-corrected chi connectivity index (χ2v) is 8.54. The normalized spacial score (nSPS) is 16.2. The van der Waals surface area contributed by atoms with Crippen LogP contribution >= 0.6 is 11.3 Å². The van der Waals surface area contributed by atoms with Crippen LogP contribution in [0.4, 0.5) is 0 Å². The first-order chi connectivity index (χ1) is 10.5. The number of thiophene rings is 1. The molecule has 1 heterocycles. The van der Waals surface area contributed by atoms with Crippen molar-refractivity contribution in [3.8, 4) is 6.07 Å². The standard InChI is InChI=1S/C16H16N2O2S2/c1-11(12-2-4-13(5-3-12)14-6-7-14)18-22(19,20)16-9-8-15(10-17)21-16/h2-5,8-9,11,14,18H,6-7H2,1H3. The first-order valence-electron chi connectivity index (χ1n) is 7.12. The van der Waals surface area contributed by atoms with E-state index in [1.54, 1.807) is 0 Å². The Morgan fingerprint density at radius 1 is 1.23 bits per heavy atom. The first kappa shape index (κ1) is 15.2. The van der Waals surface area contributed by atoms with Crippen molar-refractivity contribution in [3.05, 3.63) is 52.4 Å². The first-order valence-corrected chi connectivity index (χ1v) is 9.42. The average molecular weight is 332 g/mol. The maximum absolute atomic E-state index is 12.3. The third kappa shape index (κ3) is 3.22. The number of hydrogen-bond acceptors (Lipinski definition) is 4. The van der Waals surface area contributed by atoms with E-state index in [0.717, 1.165) is 16.9 Å². The smallest absolute Gasteiger partial charge is 0.206 e. The van der Waals surface area contributed by atoms with E-state index in [-0.39, 0.29) is 10.3 Å². The predicted octanol–water partition coefficient (Wildman–Crippen LogP) is 3.54. The average Bonchev–Trinajstić information content (AvgIpc) is 3.23. The van der Waals surface area contributed by atoms with Gasteiger partial charge in [0.1, 0.15) is 15.2 Å². The van der Waals surface area contributed by atoms with E-state index in [9.17, 15) is 8.42 Å². The molecule has 1 aromatic carbocycles. The Labute approximate surface area is 134 Å². The Morgan fingerprint density at radius 3 is 2.45 bits per heavy atom. The second kappa shape index (κ2) is 5.84. The molecule has 22 heavy (non-hydrogen) atoms. The maximum atomic E-state index is 12.3. The molecule has 1 atom stereocenters.